The van der Waals surface area contributed by atoms with E-state index in [0.29, 0.717) is 0 Å². The van der Waals surface area contributed by atoms with Gasteiger partial charge in [-0.3, -0.25) is 0 Å². The number of hydrogen-bond acceptors (Lipinski definition) is 3. The minimum atomic E-state index is 0.179. The van der Waals surface area contributed by atoms with Crippen molar-refractivity contribution in [3.05, 3.63) is 59.7 Å². The number of likely N-dealkylation sites (N-methyl/N-ethyl adjacent to an activating group) is 1. The molecule has 3 heteroatoms. The van der Waals surface area contributed by atoms with Crippen LogP contribution in [-0.4, -0.2) is 26.3 Å². The van der Waals surface area contributed by atoms with Crippen molar-refractivity contribution in [1.29, 1.82) is 0 Å². The predicted molar refractivity (Wildman–Crippen MR) is 84.1 cm³/mol. The van der Waals surface area contributed by atoms with Crippen LogP contribution < -0.4 is 14.8 Å². The zero-order valence-electron chi connectivity index (χ0n) is 12.5. The predicted octanol–water partition coefficient (Wildman–Crippen LogP) is 2.83. The summed E-state index contributed by atoms with van der Waals surface area (Å²) in [5.41, 5.74) is 2.56. The van der Waals surface area contributed by atoms with Crippen molar-refractivity contribution < 1.29 is 9.47 Å². The molecule has 0 saturated heterocycles. The van der Waals surface area contributed by atoms with Gasteiger partial charge in [0.15, 0.2) is 0 Å². The van der Waals surface area contributed by atoms with Crippen molar-refractivity contribution in [2.24, 2.45) is 0 Å². The molecular formula is C18H21NO2. The summed E-state index contributed by atoms with van der Waals surface area (Å²) in [6.45, 7) is 0. The van der Waals surface area contributed by atoms with Gasteiger partial charge in [0, 0.05) is 12.5 Å². The van der Waals surface area contributed by atoms with Crippen LogP contribution >= 0.6 is 0 Å². The van der Waals surface area contributed by atoms with Gasteiger partial charge in [-0.05, 0) is 42.8 Å². The summed E-state index contributed by atoms with van der Waals surface area (Å²) in [6, 6.07) is 16.8. The quantitative estimate of drug-likeness (QED) is 0.915. The van der Waals surface area contributed by atoms with E-state index >= 15 is 0 Å². The van der Waals surface area contributed by atoms with Gasteiger partial charge in [-0.1, -0.05) is 30.3 Å². The van der Waals surface area contributed by atoms with Crippen molar-refractivity contribution in [3.63, 3.8) is 0 Å². The molecule has 0 saturated carbocycles. The van der Waals surface area contributed by atoms with E-state index < -0.39 is 0 Å². The lowest BCUT2D eigenvalue weighted by molar-refractivity contribution is 0.182. The van der Waals surface area contributed by atoms with Crippen LogP contribution in [0.4, 0.5) is 0 Å². The van der Waals surface area contributed by atoms with Gasteiger partial charge in [0.05, 0.1) is 7.11 Å². The summed E-state index contributed by atoms with van der Waals surface area (Å²) < 4.78 is 11.4. The molecule has 2 unspecified atom stereocenters. The molecule has 110 valence electrons. The Hall–Kier alpha value is -2.00. The number of methoxy groups -OCH3 is 1. The van der Waals surface area contributed by atoms with Crippen LogP contribution in [0.15, 0.2) is 48.5 Å². The molecule has 1 aliphatic rings. The molecule has 3 rings (SSSR count). The van der Waals surface area contributed by atoms with Crippen LogP contribution in [0, 0.1) is 0 Å². The highest BCUT2D eigenvalue weighted by Gasteiger charge is 2.29. The topological polar surface area (TPSA) is 30.5 Å². The molecule has 0 spiro atoms. The largest absolute Gasteiger partial charge is 0.497 e. The fourth-order valence-electron chi connectivity index (χ4n) is 2.91. The van der Waals surface area contributed by atoms with Crippen molar-refractivity contribution in [2.45, 2.75) is 25.0 Å². The van der Waals surface area contributed by atoms with Gasteiger partial charge in [0.25, 0.3) is 0 Å². The number of hydrogen-bond donors (Lipinski definition) is 1. The second kappa shape index (κ2) is 6.19. The first kappa shape index (κ1) is 14.0. The average molecular weight is 283 g/mol. The van der Waals surface area contributed by atoms with Crippen molar-refractivity contribution in [3.8, 4) is 11.5 Å². The molecule has 0 aromatic heterocycles. The maximum atomic E-state index is 6.09. The third kappa shape index (κ3) is 3.03. The highest BCUT2D eigenvalue weighted by atomic mass is 16.5. The van der Waals surface area contributed by atoms with Gasteiger partial charge < -0.3 is 14.8 Å². The fraction of sp³-hybridized carbons (Fsp3) is 0.333. The van der Waals surface area contributed by atoms with E-state index in [1.165, 1.54) is 11.1 Å². The van der Waals surface area contributed by atoms with E-state index in [1.807, 2.05) is 31.3 Å². The van der Waals surface area contributed by atoms with Crippen LogP contribution in [0.2, 0.25) is 0 Å². The number of ether oxygens (including phenoxy) is 2. The number of fused-ring (bicyclic) bond motifs is 1. The summed E-state index contributed by atoms with van der Waals surface area (Å²) in [5, 5.41) is 3.40. The average Bonchev–Trinajstić information content (AvgIpc) is 2.96. The van der Waals surface area contributed by atoms with Crippen LogP contribution in [-0.2, 0) is 12.8 Å². The van der Waals surface area contributed by atoms with E-state index in [1.54, 1.807) is 7.11 Å². The minimum Gasteiger partial charge on any atom is -0.497 e. The van der Waals surface area contributed by atoms with Gasteiger partial charge in [-0.25, -0.2) is 0 Å². The van der Waals surface area contributed by atoms with Crippen LogP contribution in [0.5, 0.6) is 11.5 Å². The second-order valence-corrected chi connectivity index (χ2v) is 5.42. The van der Waals surface area contributed by atoms with Crippen LogP contribution in [0.3, 0.4) is 0 Å². The zero-order valence-corrected chi connectivity index (χ0v) is 12.5. The first-order valence-electron chi connectivity index (χ1n) is 7.35. The molecule has 3 nitrogen and oxygen atoms in total. The Balaban J connectivity index is 1.72. The molecule has 0 aliphatic carbocycles. The Morgan fingerprint density at radius 1 is 1.24 bits per heavy atom. The molecule has 1 N–H and O–H groups in total. The van der Waals surface area contributed by atoms with Crippen LogP contribution in [0.25, 0.3) is 0 Å². The van der Waals surface area contributed by atoms with E-state index in [-0.39, 0.29) is 12.1 Å². The molecule has 1 heterocycles. The molecule has 2 atom stereocenters. The molecule has 0 bridgehead atoms. The normalized spacial score (nSPS) is 17.9. The third-order valence-corrected chi connectivity index (χ3v) is 4.08. The van der Waals surface area contributed by atoms with Gasteiger partial charge in [0.2, 0.25) is 0 Å². The van der Waals surface area contributed by atoms with Gasteiger partial charge in [0.1, 0.15) is 17.6 Å². The van der Waals surface area contributed by atoms with Crippen molar-refractivity contribution in [1.82, 2.24) is 5.32 Å². The summed E-state index contributed by atoms with van der Waals surface area (Å²) in [7, 11) is 3.70. The lowest BCUT2D eigenvalue weighted by atomic mass is 9.98. The summed E-state index contributed by atoms with van der Waals surface area (Å²) in [5.74, 6) is 1.92. The Kier molecular flexibility index (Phi) is 4.11. The molecule has 1 aliphatic heterocycles. The van der Waals surface area contributed by atoms with E-state index in [2.05, 4.69) is 29.6 Å². The lowest BCUT2D eigenvalue weighted by Crippen LogP contribution is -2.42. The molecule has 0 radical (unpaired) electrons. The van der Waals surface area contributed by atoms with E-state index in [4.69, 9.17) is 9.47 Å². The maximum Gasteiger partial charge on any atom is 0.123 e. The molecule has 2 aromatic rings. The first-order valence-corrected chi connectivity index (χ1v) is 7.35. The van der Waals surface area contributed by atoms with Gasteiger partial charge in [-0.2, -0.15) is 0 Å². The minimum absolute atomic E-state index is 0.179. The Labute approximate surface area is 125 Å². The SMILES string of the molecule is CNC(Cc1cccc(OC)c1)C1Cc2ccccc2O1. The molecular weight excluding hydrogens is 262 g/mol. The highest BCUT2D eigenvalue weighted by Crippen LogP contribution is 2.30. The number of rotatable bonds is 5. The number of benzene rings is 2. The van der Waals surface area contributed by atoms with Crippen molar-refractivity contribution >= 4 is 0 Å². The maximum absolute atomic E-state index is 6.09. The summed E-state index contributed by atoms with van der Waals surface area (Å²) >= 11 is 0. The van der Waals surface area contributed by atoms with Gasteiger partial charge >= 0.3 is 0 Å². The second-order valence-electron chi connectivity index (χ2n) is 5.42. The highest BCUT2D eigenvalue weighted by molar-refractivity contribution is 5.38. The van der Waals surface area contributed by atoms with Crippen molar-refractivity contribution in [2.75, 3.05) is 14.2 Å². The molecule has 0 amide bonds. The molecule has 2 aromatic carbocycles. The zero-order chi connectivity index (χ0) is 14.7. The van der Waals surface area contributed by atoms with E-state index in [0.717, 1.165) is 24.3 Å². The summed E-state index contributed by atoms with van der Waals surface area (Å²) in [6.07, 6.45) is 2.07. The first-order chi connectivity index (χ1) is 10.3. The Morgan fingerprint density at radius 2 is 2.10 bits per heavy atom. The van der Waals surface area contributed by atoms with Crippen LogP contribution in [0.1, 0.15) is 11.1 Å². The lowest BCUT2D eigenvalue weighted by Gasteiger charge is -2.23. The standard InChI is InChI=1S/C18H21NO2/c1-19-16(11-13-6-5-8-15(10-13)20-2)18-12-14-7-3-4-9-17(14)21-18/h3-10,16,18-19H,11-12H2,1-2H3. The van der Waals surface area contributed by atoms with Gasteiger partial charge in [-0.15, -0.1) is 0 Å². The third-order valence-electron chi connectivity index (χ3n) is 4.08. The summed E-state index contributed by atoms with van der Waals surface area (Å²) in [4.78, 5) is 0. The number of para-hydroxylation sites is 1. The molecule has 0 fully saturated rings. The molecule has 21 heavy (non-hydrogen) atoms. The smallest absolute Gasteiger partial charge is 0.123 e. The fourth-order valence-corrected chi connectivity index (χ4v) is 2.91. The monoisotopic (exact) mass is 283 g/mol. The Bertz CT molecular complexity index is 587. The Morgan fingerprint density at radius 3 is 2.86 bits per heavy atom. The number of nitrogens with one attached hydrogen (secondary N) is 1. The van der Waals surface area contributed by atoms with E-state index in [9.17, 15) is 0 Å².